The van der Waals surface area contributed by atoms with Gasteiger partial charge in [-0.1, -0.05) is 18.2 Å². The lowest BCUT2D eigenvalue weighted by Gasteiger charge is -2.30. The number of anilines is 1. The number of rotatable bonds is 4. The Bertz CT molecular complexity index is 1320. The van der Waals surface area contributed by atoms with Crippen LogP contribution in [0.25, 0.3) is 16.6 Å². The van der Waals surface area contributed by atoms with Crippen molar-refractivity contribution < 1.29 is 18.0 Å². The Hall–Kier alpha value is -3.56. The molecule has 33 heavy (non-hydrogen) atoms. The molecule has 0 bridgehead atoms. The van der Waals surface area contributed by atoms with E-state index in [1.165, 1.54) is 4.40 Å². The van der Waals surface area contributed by atoms with E-state index in [0.29, 0.717) is 16.9 Å². The molecule has 0 atom stereocenters. The molecule has 0 radical (unpaired) electrons. The number of alkyl halides is 3. The van der Waals surface area contributed by atoms with E-state index >= 15 is 0 Å². The van der Waals surface area contributed by atoms with Gasteiger partial charge in [-0.15, -0.1) is 0 Å². The molecule has 4 aromatic rings. The molecule has 0 aliphatic heterocycles. The zero-order chi connectivity index (χ0) is 23.2. The number of pyridine rings is 1. The minimum Gasteiger partial charge on any atom is -0.368 e. The lowest BCUT2D eigenvalue weighted by atomic mass is 9.91. The Kier molecular flexibility index (Phi) is 5.22. The Labute approximate surface area is 187 Å². The predicted octanol–water partition coefficient (Wildman–Crippen LogP) is 4.39. The molecular weight excluding hydrogens is 433 g/mol. The number of nitrogens with one attached hydrogen (secondary N) is 2. The van der Waals surface area contributed by atoms with Crippen LogP contribution < -0.4 is 10.6 Å². The molecule has 3 heterocycles. The summed E-state index contributed by atoms with van der Waals surface area (Å²) in [4.78, 5) is 16.5. The Morgan fingerprint density at radius 3 is 2.52 bits per heavy atom. The lowest BCUT2D eigenvalue weighted by molar-refractivity contribution is -0.140. The molecule has 5 rings (SSSR count). The molecule has 2 N–H and O–H groups in total. The fourth-order valence-electron chi connectivity index (χ4n) is 4.47. The van der Waals surface area contributed by atoms with Gasteiger partial charge in [0.25, 0.3) is 5.91 Å². The van der Waals surface area contributed by atoms with Crippen LogP contribution in [0.2, 0.25) is 0 Å². The maximum Gasteiger partial charge on any atom is 0.434 e. The number of aryl methyl sites for hydroxylation is 1. The van der Waals surface area contributed by atoms with Gasteiger partial charge in [-0.2, -0.15) is 18.3 Å². The van der Waals surface area contributed by atoms with Crippen LogP contribution in [-0.4, -0.2) is 37.2 Å². The van der Waals surface area contributed by atoms with E-state index in [4.69, 9.17) is 0 Å². The number of hydrogen-bond acceptors (Lipinski definition) is 4. The monoisotopic (exact) mass is 456 g/mol. The van der Waals surface area contributed by atoms with Gasteiger partial charge >= 0.3 is 6.18 Å². The second-order valence-electron chi connectivity index (χ2n) is 8.48. The van der Waals surface area contributed by atoms with Gasteiger partial charge in [0.15, 0.2) is 5.69 Å². The third-order valence-electron chi connectivity index (χ3n) is 6.09. The van der Waals surface area contributed by atoms with E-state index in [0.717, 1.165) is 37.3 Å². The van der Waals surface area contributed by atoms with Crippen LogP contribution in [0.4, 0.5) is 19.0 Å². The topological polar surface area (TPSA) is 76.2 Å². The predicted molar refractivity (Wildman–Crippen MR) is 118 cm³/mol. The Morgan fingerprint density at radius 1 is 1.03 bits per heavy atom. The summed E-state index contributed by atoms with van der Waals surface area (Å²) in [5.41, 5.74) is 0.572. The number of imidazole rings is 1. The van der Waals surface area contributed by atoms with E-state index in [1.807, 2.05) is 25.4 Å². The van der Waals surface area contributed by atoms with Crippen LogP contribution in [0.3, 0.4) is 0 Å². The molecule has 1 saturated carbocycles. The molecule has 1 aliphatic rings. The van der Waals surface area contributed by atoms with Crippen LogP contribution in [-0.2, 0) is 13.2 Å². The molecule has 172 valence electrons. The highest BCUT2D eigenvalue weighted by Crippen LogP contribution is 2.30. The van der Waals surface area contributed by atoms with Gasteiger partial charge in [-0.05, 0) is 43.9 Å². The molecule has 1 aromatic carbocycles. The first kappa shape index (κ1) is 21.3. The highest BCUT2D eigenvalue weighted by atomic mass is 19.4. The second-order valence-corrected chi connectivity index (χ2v) is 8.48. The van der Waals surface area contributed by atoms with Gasteiger partial charge in [0.2, 0.25) is 0 Å². The number of carbonyl (C=O) groups excluding carboxylic acids is 1. The van der Waals surface area contributed by atoms with Gasteiger partial charge in [0.1, 0.15) is 17.0 Å². The van der Waals surface area contributed by atoms with Crippen molar-refractivity contribution in [3.63, 3.8) is 0 Å². The molecule has 1 amide bonds. The van der Waals surface area contributed by atoms with E-state index in [9.17, 15) is 18.0 Å². The lowest BCUT2D eigenvalue weighted by Crippen LogP contribution is -2.40. The highest BCUT2D eigenvalue weighted by molar-refractivity contribution is 6.05. The molecule has 1 fully saturated rings. The average Bonchev–Trinajstić information content (AvgIpc) is 3.38. The van der Waals surface area contributed by atoms with Crippen LogP contribution in [0.5, 0.6) is 0 Å². The SMILES string of the molecule is Cn1cc2cccc(C(=O)N[C@H]3CC[C@@H](Nc4cccc5nc(C(F)(F)F)cn45)CC3)c2n1. The quantitative estimate of drug-likeness (QED) is 0.478. The maximum absolute atomic E-state index is 13.0. The van der Waals surface area contributed by atoms with Crippen LogP contribution in [0.1, 0.15) is 41.7 Å². The van der Waals surface area contributed by atoms with Gasteiger partial charge in [0, 0.05) is 36.9 Å². The summed E-state index contributed by atoms with van der Waals surface area (Å²) in [5.74, 6) is 0.434. The van der Waals surface area contributed by atoms with Crippen molar-refractivity contribution in [2.45, 2.75) is 43.9 Å². The van der Waals surface area contributed by atoms with Crippen molar-refractivity contribution in [3.8, 4) is 0 Å². The standard InChI is InChI=1S/C23H23F3N6O/c1-31-12-14-4-2-5-17(21(14)30-31)22(33)28-16-10-8-15(9-11-16)27-19-6-3-7-20-29-18(13-32(19)20)23(24,25)26/h2-7,12-13,15-16,27H,8-11H2,1H3,(H,28,33)/t15-,16+. The fraction of sp³-hybridized carbons (Fsp3) is 0.348. The van der Waals surface area contributed by atoms with Crippen molar-refractivity contribution in [2.75, 3.05) is 5.32 Å². The first-order valence-corrected chi connectivity index (χ1v) is 10.8. The van der Waals surface area contributed by atoms with Crippen molar-refractivity contribution in [3.05, 3.63) is 60.0 Å². The molecule has 10 heteroatoms. The molecule has 0 spiro atoms. The van der Waals surface area contributed by atoms with Gasteiger partial charge in [0.05, 0.1) is 5.56 Å². The zero-order valence-corrected chi connectivity index (χ0v) is 17.9. The molecule has 0 unspecified atom stereocenters. The van der Waals surface area contributed by atoms with Gasteiger partial charge in [-0.25, -0.2) is 4.98 Å². The first-order chi connectivity index (χ1) is 15.8. The third-order valence-corrected chi connectivity index (χ3v) is 6.09. The number of fused-ring (bicyclic) bond motifs is 2. The van der Waals surface area contributed by atoms with E-state index in [2.05, 4.69) is 20.7 Å². The van der Waals surface area contributed by atoms with Crippen molar-refractivity contribution >= 4 is 28.3 Å². The van der Waals surface area contributed by atoms with Crippen LogP contribution in [0.15, 0.2) is 48.8 Å². The summed E-state index contributed by atoms with van der Waals surface area (Å²) < 4.78 is 42.2. The zero-order valence-electron chi connectivity index (χ0n) is 17.9. The Morgan fingerprint density at radius 2 is 1.76 bits per heavy atom. The summed E-state index contributed by atoms with van der Waals surface area (Å²) in [6.07, 6.45) is 1.53. The van der Waals surface area contributed by atoms with E-state index < -0.39 is 11.9 Å². The summed E-state index contributed by atoms with van der Waals surface area (Å²) in [6, 6.07) is 10.7. The number of carbonyl (C=O) groups is 1. The number of benzene rings is 1. The minimum absolute atomic E-state index is 0.0374. The van der Waals surface area contributed by atoms with Crippen molar-refractivity contribution in [1.82, 2.24) is 24.5 Å². The number of halogens is 3. The summed E-state index contributed by atoms with van der Waals surface area (Å²) >= 11 is 0. The average molecular weight is 456 g/mol. The van der Waals surface area contributed by atoms with Crippen molar-refractivity contribution in [1.29, 1.82) is 0 Å². The molecule has 1 aliphatic carbocycles. The van der Waals surface area contributed by atoms with Crippen molar-refractivity contribution in [2.24, 2.45) is 7.05 Å². The largest absolute Gasteiger partial charge is 0.434 e. The van der Waals surface area contributed by atoms with E-state index in [1.54, 1.807) is 28.9 Å². The third kappa shape index (κ3) is 4.24. The Balaban J connectivity index is 1.23. The van der Waals surface area contributed by atoms with Crippen LogP contribution in [0, 0.1) is 0 Å². The highest BCUT2D eigenvalue weighted by Gasteiger charge is 2.34. The number of nitrogens with zero attached hydrogens (tertiary/aromatic N) is 4. The first-order valence-electron chi connectivity index (χ1n) is 10.8. The molecule has 3 aromatic heterocycles. The summed E-state index contributed by atoms with van der Waals surface area (Å²) in [5, 5.41) is 11.8. The molecular formula is C23H23F3N6O. The fourth-order valence-corrected chi connectivity index (χ4v) is 4.47. The van der Waals surface area contributed by atoms with Crippen LogP contribution >= 0.6 is 0 Å². The normalized spacial score (nSPS) is 19.2. The number of hydrogen-bond donors (Lipinski definition) is 2. The summed E-state index contributed by atoms with van der Waals surface area (Å²) in [7, 11) is 1.82. The maximum atomic E-state index is 13.0. The minimum atomic E-state index is -4.49. The molecule has 7 nitrogen and oxygen atoms in total. The van der Waals surface area contributed by atoms with E-state index in [-0.39, 0.29) is 23.6 Å². The smallest absolute Gasteiger partial charge is 0.368 e. The summed E-state index contributed by atoms with van der Waals surface area (Å²) in [6.45, 7) is 0. The van der Waals surface area contributed by atoms with Gasteiger partial charge < -0.3 is 10.6 Å². The molecule has 0 saturated heterocycles. The second kappa shape index (κ2) is 8.09. The number of amides is 1. The van der Waals surface area contributed by atoms with Gasteiger partial charge in [-0.3, -0.25) is 13.9 Å². The number of aromatic nitrogens is 4.